The number of carbonyl (C=O) groups is 1. The minimum atomic E-state index is 0.0134. The van der Waals surface area contributed by atoms with Crippen LogP contribution in [0.15, 0.2) is 11.6 Å². The summed E-state index contributed by atoms with van der Waals surface area (Å²) in [7, 11) is 0. The molecule has 1 saturated carbocycles. The molecule has 12 heavy (non-hydrogen) atoms. The first-order valence-corrected chi connectivity index (χ1v) is 4.83. The van der Waals surface area contributed by atoms with Gasteiger partial charge in [-0.25, -0.2) is 0 Å². The van der Waals surface area contributed by atoms with E-state index in [9.17, 15) is 4.79 Å². The maximum atomic E-state index is 11.6. The van der Waals surface area contributed by atoms with Crippen LogP contribution in [0.1, 0.15) is 39.5 Å². The highest BCUT2D eigenvalue weighted by Crippen LogP contribution is 2.48. The Morgan fingerprint density at radius 2 is 2.25 bits per heavy atom. The van der Waals surface area contributed by atoms with Gasteiger partial charge in [0.15, 0.2) is 0 Å². The summed E-state index contributed by atoms with van der Waals surface area (Å²) in [4.78, 5) is 11.6. The molecule has 0 saturated heterocycles. The molecule has 0 aliphatic heterocycles. The summed E-state index contributed by atoms with van der Waals surface area (Å²) in [6, 6.07) is 0. The highest BCUT2D eigenvalue weighted by Gasteiger charge is 2.45. The maximum absolute atomic E-state index is 11.6. The van der Waals surface area contributed by atoms with E-state index in [1.54, 1.807) is 0 Å². The van der Waals surface area contributed by atoms with Gasteiger partial charge in [-0.3, -0.25) is 4.79 Å². The maximum Gasteiger partial charge on any atom is 0.139 e. The second-order valence-electron chi connectivity index (χ2n) is 4.50. The van der Waals surface area contributed by atoms with Crippen LogP contribution in [-0.4, -0.2) is 5.78 Å². The Balaban J connectivity index is 2.33. The van der Waals surface area contributed by atoms with Crippen molar-refractivity contribution in [3.05, 3.63) is 11.6 Å². The molecule has 0 aromatic rings. The number of fused-ring (bicyclic) bond motifs is 1. The van der Waals surface area contributed by atoms with Crippen LogP contribution in [0.25, 0.3) is 0 Å². The summed E-state index contributed by atoms with van der Waals surface area (Å²) in [6.45, 7) is 4.33. The number of rotatable bonds is 0. The second-order valence-corrected chi connectivity index (χ2v) is 4.50. The van der Waals surface area contributed by atoms with Crippen molar-refractivity contribution in [3.8, 4) is 0 Å². The first-order valence-electron chi connectivity index (χ1n) is 4.83. The van der Waals surface area contributed by atoms with Gasteiger partial charge >= 0.3 is 0 Å². The molecule has 1 heteroatoms. The van der Waals surface area contributed by atoms with Crippen molar-refractivity contribution in [1.29, 1.82) is 0 Å². The fourth-order valence-corrected chi connectivity index (χ4v) is 2.57. The number of hydrogen-bond donors (Lipinski definition) is 0. The number of hydrogen-bond acceptors (Lipinski definition) is 1. The van der Waals surface area contributed by atoms with E-state index < -0.39 is 0 Å². The summed E-state index contributed by atoms with van der Waals surface area (Å²) in [5.41, 5.74) is 1.49. The molecular formula is C11H16O. The molecule has 0 unspecified atom stereocenters. The molecule has 0 aromatic carbocycles. The Morgan fingerprint density at radius 3 is 3.00 bits per heavy atom. The molecule has 0 radical (unpaired) electrons. The first kappa shape index (κ1) is 8.03. The van der Waals surface area contributed by atoms with Crippen LogP contribution in [0.5, 0.6) is 0 Å². The van der Waals surface area contributed by atoms with Gasteiger partial charge in [0.2, 0.25) is 0 Å². The topological polar surface area (TPSA) is 17.1 Å². The van der Waals surface area contributed by atoms with Crippen molar-refractivity contribution < 1.29 is 4.79 Å². The average Bonchev–Trinajstić information content (AvgIpc) is 2.31. The fraction of sp³-hybridized carbons (Fsp3) is 0.727. The highest BCUT2D eigenvalue weighted by atomic mass is 16.1. The van der Waals surface area contributed by atoms with Gasteiger partial charge in [-0.1, -0.05) is 18.6 Å². The summed E-state index contributed by atoms with van der Waals surface area (Å²) in [6.07, 6.45) is 6.43. The summed E-state index contributed by atoms with van der Waals surface area (Å²) >= 11 is 0. The van der Waals surface area contributed by atoms with E-state index in [1.165, 1.54) is 5.57 Å². The summed E-state index contributed by atoms with van der Waals surface area (Å²) in [5.74, 6) is 1.05. The molecule has 2 aliphatic rings. The third kappa shape index (κ3) is 0.954. The van der Waals surface area contributed by atoms with Crippen molar-refractivity contribution in [2.45, 2.75) is 39.5 Å². The predicted octanol–water partition coefficient (Wildman–Crippen LogP) is 2.71. The van der Waals surface area contributed by atoms with E-state index in [0.717, 1.165) is 25.7 Å². The third-order valence-electron chi connectivity index (χ3n) is 3.66. The minimum absolute atomic E-state index is 0.0134. The number of ketones is 1. The molecule has 2 aliphatic carbocycles. The van der Waals surface area contributed by atoms with Crippen LogP contribution in [-0.2, 0) is 4.79 Å². The lowest BCUT2D eigenvalue weighted by molar-refractivity contribution is -0.126. The van der Waals surface area contributed by atoms with Gasteiger partial charge in [0.25, 0.3) is 0 Å². The number of carbonyl (C=O) groups excluding carboxylic acids is 1. The van der Waals surface area contributed by atoms with Gasteiger partial charge in [-0.05, 0) is 32.1 Å². The minimum Gasteiger partial charge on any atom is -0.299 e. The Morgan fingerprint density at radius 1 is 1.50 bits per heavy atom. The standard InChI is InChI=1S/C11H16O/c1-8-5-6-11(2)9(7-8)3-4-10(11)12/h7,9H,3-6H2,1-2H3/t9-,11-/m0/s1. The van der Waals surface area contributed by atoms with Crippen LogP contribution in [0.2, 0.25) is 0 Å². The smallest absolute Gasteiger partial charge is 0.139 e. The highest BCUT2D eigenvalue weighted by molar-refractivity contribution is 5.87. The molecule has 0 aromatic heterocycles. The SMILES string of the molecule is CC1=C[C@@H]2CCC(=O)[C@@]2(C)CC1. The molecule has 0 amide bonds. The Labute approximate surface area is 73.8 Å². The zero-order valence-electron chi connectivity index (χ0n) is 7.89. The van der Waals surface area contributed by atoms with E-state index in [-0.39, 0.29) is 5.41 Å². The quantitative estimate of drug-likeness (QED) is 0.503. The van der Waals surface area contributed by atoms with Gasteiger partial charge in [0.1, 0.15) is 5.78 Å². The Kier molecular flexibility index (Phi) is 1.64. The van der Waals surface area contributed by atoms with E-state index in [4.69, 9.17) is 0 Å². The van der Waals surface area contributed by atoms with Crippen molar-refractivity contribution in [2.24, 2.45) is 11.3 Å². The molecule has 2 rings (SSSR count). The van der Waals surface area contributed by atoms with Crippen molar-refractivity contribution in [1.82, 2.24) is 0 Å². The van der Waals surface area contributed by atoms with Crippen LogP contribution in [0, 0.1) is 11.3 Å². The van der Waals surface area contributed by atoms with Crippen LogP contribution in [0.3, 0.4) is 0 Å². The average molecular weight is 164 g/mol. The van der Waals surface area contributed by atoms with Gasteiger partial charge in [-0.2, -0.15) is 0 Å². The lowest BCUT2D eigenvalue weighted by Gasteiger charge is -2.32. The van der Waals surface area contributed by atoms with Gasteiger partial charge in [-0.15, -0.1) is 0 Å². The van der Waals surface area contributed by atoms with Gasteiger partial charge in [0.05, 0.1) is 0 Å². The van der Waals surface area contributed by atoms with Crippen molar-refractivity contribution >= 4 is 5.78 Å². The van der Waals surface area contributed by atoms with Crippen molar-refractivity contribution in [2.75, 3.05) is 0 Å². The van der Waals surface area contributed by atoms with E-state index >= 15 is 0 Å². The second kappa shape index (κ2) is 2.45. The lowest BCUT2D eigenvalue weighted by Crippen LogP contribution is -2.30. The predicted molar refractivity (Wildman–Crippen MR) is 48.8 cm³/mol. The number of allylic oxidation sites excluding steroid dienone is 2. The normalized spacial score (nSPS) is 41.0. The third-order valence-corrected chi connectivity index (χ3v) is 3.66. The molecular weight excluding hydrogens is 148 g/mol. The van der Waals surface area contributed by atoms with Crippen LogP contribution in [0.4, 0.5) is 0 Å². The zero-order valence-corrected chi connectivity index (χ0v) is 7.89. The van der Waals surface area contributed by atoms with E-state index in [2.05, 4.69) is 19.9 Å². The molecule has 0 N–H and O–H groups in total. The van der Waals surface area contributed by atoms with Crippen molar-refractivity contribution in [3.63, 3.8) is 0 Å². The molecule has 66 valence electrons. The number of Topliss-reactive ketones (excluding diaryl/α,β-unsaturated/α-hetero) is 1. The summed E-state index contributed by atoms with van der Waals surface area (Å²) < 4.78 is 0. The van der Waals surface area contributed by atoms with Gasteiger partial charge < -0.3 is 0 Å². The lowest BCUT2D eigenvalue weighted by atomic mass is 9.71. The fourth-order valence-electron chi connectivity index (χ4n) is 2.57. The molecule has 0 spiro atoms. The monoisotopic (exact) mass is 164 g/mol. The zero-order chi connectivity index (χ0) is 8.77. The van der Waals surface area contributed by atoms with Gasteiger partial charge in [0, 0.05) is 11.8 Å². The molecule has 0 heterocycles. The largest absolute Gasteiger partial charge is 0.299 e. The molecule has 0 bridgehead atoms. The summed E-state index contributed by atoms with van der Waals surface area (Å²) in [5, 5.41) is 0. The Bertz CT molecular complexity index is 252. The molecule has 1 nitrogen and oxygen atoms in total. The van der Waals surface area contributed by atoms with Crippen LogP contribution >= 0.6 is 0 Å². The first-order chi connectivity index (χ1) is 5.63. The van der Waals surface area contributed by atoms with E-state index in [1.807, 2.05) is 0 Å². The van der Waals surface area contributed by atoms with E-state index in [0.29, 0.717) is 11.7 Å². The molecule has 2 atom stereocenters. The Hall–Kier alpha value is -0.590. The molecule has 1 fully saturated rings. The van der Waals surface area contributed by atoms with Crippen LogP contribution < -0.4 is 0 Å².